The zero-order valence-corrected chi connectivity index (χ0v) is 14.4. The van der Waals surface area contributed by atoms with Crippen LogP contribution in [0.15, 0.2) is 24.3 Å². The van der Waals surface area contributed by atoms with Crippen LogP contribution in [0.5, 0.6) is 5.75 Å². The molecule has 0 unspecified atom stereocenters. The molecule has 1 fully saturated rings. The molecule has 1 aliphatic heterocycles. The van der Waals surface area contributed by atoms with Gasteiger partial charge in [-0.05, 0) is 56.1 Å². The number of likely N-dealkylation sites (tertiary alicyclic amines) is 1. The third-order valence-electron chi connectivity index (χ3n) is 3.86. The highest BCUT2D eigenvalue weighted by Gasteiger charge is 2.12. The molecule has 1 aliphatic rings. The highest BCUT2D eigenvalue weighted by atomic mass is 35.5. The van der Waals surface area contributed by atoms with Gasteiger partial charge in [-0.15, -0.1) is 0 Å². The number of ether oxygens (including phenoxy) is 1. The number of rotatable bonds is 7. The first kappa shape index (κ1) is 19.0. The Labute approximate surface area is 141 Å². The van der Waals surface area contributed by atoms with E-state index < -0.39 is 0 Å². The molecule has 22 heavy (non-hydrogen) atoms. The van der Waals surface area contributed by atoms with E-state index in [2.05, 4.69) is 18.7 Å². The van der Waals surface area contributed by atoms with Crippen LogP contribution in [0.25, 0.3) is 0 Å². The van der Waals surface area contributed by atoms with Crippen molar-refractivity contribution in [3.8, 4) is 5.75 Å². The summed E-state index contributed by atoms with van der Waals surface area (Å²) in [7, 11) is 0. The molecule has 0 bridgehead atoms. The van der Waals surface area contributed by atoms with Gasteiger partial charge in [0.25, 0.3) is 0 Å². The summed E-state index contributed by atoms with van der Waals surface area (Å²) in [6, 6.07) is 7.56. The van der Waals surface area contributed by atoms with Crippen molar-refractivity contribution in [2.24, 2.45) is 5.92 Å². The first-order chi connectivity index (χ1) is 10.1. The summed E-state index contributed by atoms with van der Waals surface area (Å²) in [6.07, 6.45) is 4.50. The summed E-state index contributed by atoms with van der Waals surface area (Å²) < 4.78 is 5.64. The van der Waals surface area contributed by atoms with Crippen LogP contribution in [-0.4, -0.2) is 36.9 Å². The molecule has 4 heteroatoms. The van der Waals surface area contributed by atoms with Gasteiger partial charge in [-0.25, -0.2) is 0 Å². The lowest BCUT2D eigenvalue weighted by Gasteiger charge is -2.25. The lowest BCUT2D eigenvalue weighted by atomic mass is 10.1. The van der Waals surface area contributed by atoms with Gasteiger partial charge in [-0.3, -0.25) is 4.79 Å². The molecule has 124 valence electrons. The van der Waals surface area contributed by atoms with Crippen molar-refractivity contribution in [3.63, 3.8) is 0 Å². The molecule has 0 aliphatic carbocycles. The largest absolute Gasteiger partial charge is 1.00 e. The molecule has 3 nitrogen and oxygen atoms in total. The number of ketones is 1. The number of carbonyl (C=O) groups excluding carboxylic acids is 1. The minimum absolute atomic E-state index is 0. The second kappa shape index (κ2) is 9.86. The van der Waals surface area contributed by atoms with Gasteiger partial charge in [-0.1, -0.05) is 20.3 Å². The lowest BCUT2D eigenvalue weighted by Crippen LogP contribution is -3.00. The summed E-state index contributed by atoms with van der Waals surface area (Å²) in [5.74, 6) is 1.59. The normalized spacial score (nSPS) is 15.4. The summed E-state index contributed by atoms with van der Waals surface area (Å²) in [6.45, 7) is 8.15. The van der Waals surface area contributed by atoms with Gasteiger partial charge < -0.3 is 22.0 Å². The highest BCUT2D eigenvalue weighted by molar-refractivity contribution is 5.96. The van der Waals surface area contributed by atoms with Gasteiger partial charge >= 0.3 is 1.43 Å². The molecule has 0 saturated carbocycles. The predicted molar refractivity (Wildman–Crippen MR) is 87.1 cm³/mol. The van der Waals surface area contributed by atoms with Crippen LogP contribution in [0.1, 0.15) is 51.3 Å². The van der Waals surface area contributed by atoms with Crippen molar-refractivity contribution in [2.45, 2.75) is 39.5 Å². The van der Waals surface area contributed by atoms with Gasteiger partial charge in [0.15, 0.2) is 5.78 Å². The quantitative estimate of drug-likeness (QED) is 0.698. The SMILES string of the molecule is CC(C)COc1ccc(C(=O)CCN2CCCCC2)cc1.[Cl-].[H+]. The van der Waals surface area contributed by atoms with Crippen molar-refractivity contribution in [3.05, 3.63) is 29.8 Å². The van der Waals surface area contributed by atoms with Gasteiger partial charge in [0.05, 0.1) is 6.61 Å². The number of hydrogen-bond donors (Lipinski definition) is 0. The number of nitrogens with zero attached hydrogens (tertiary/aromatic N) is 1. The fourth-order valence-corrected chi connectivity index (χ4v) is 2.59. The average molecular weight is 326 g/mol. The smallest absolute Gasteiger partial charge is 1.00 e. The van der Waals surface area contributed by atoms with Crippen molar-refractivity contribution >= 4 is 5.78 Å². The fourth-order valence-electron chi connectivity index (χ4n) is 2.59. The van der Waals surface area contributed by atoms with E-state index in [4.69, 9.17) is 4.74 Å². The molecule has 0 radical (unpaired) electrons. The van der Waals surface area contributed by atoms with Crippen molar-refractivity contribution in [2.75, 3.05) is 26.2 Å². The molecular weight excluding hydrogens is 298 g/mol. The second-order valence-electron chi connectivity index (χ2n) is 6.30. The Hall–Kier alpha value is -1.06. The minimum atomic E-state index is 0. The van der Waals surface area contributed by atoms with Gasteiger partial charge in [0.1, 0.15) is 5.75 Å². The summed E-state index contributed by atoms with van der Waals surface area (Å²) in [4.78, 5) is 14.6. The van der Waals surface area contributed by atoms with Gasteiger partial charge in [0, 0.05) is 18.5 Å². The average Bonchev–Trinajstić information content (AvgIpc) is 2.52. The fraction of sp³-hybridized carbons (Fsp3) is 0.611. The monoisotopic (exact) mass is 325 g/mol. The van der Waals surface area contributed by atoms with E-state index in [-0.39, 0.29) is 19.6 Å². The molecule has 0 spiro atoms. The first-order valence-corrected chi connectivity index (χ1v) is 8.13. The molecular formula is C18H28ClNO2. The first-order valence-electron chi connectivity index (χ1n) is 8.13. The number of halogens is 1. The molecule has 0 aromatic heterocycles. The van der Waals surface area contributed by atoms with Crippen molar-refractivity contribution < 1.29 is 23.4 Å². The van der Waals surface area contributed by atoms with Crippen LogP contribution in [0, 0.1) is 5.92 Å². The number of benzene rings is 1. The molecule has 1 aromatic carbocycles. The molecule has 2 rings (SSSR count). The third kappa shape index (κ3) is 6.37. The van der Waals surface area contributed by atoms with Crippen molar-refractivity contribution in [1.29, 1.82) is 0 Å². The Kier molecular flexibility index (Phi) is 8.51. The molecule has 0 amide bonds. The van der Waals surface area contributed by atoms with Gasteiger partial charge in [0.2, 0.25) is 0 Å². The standard InChI is InChI=1S/C18H27NO2.ClH/c1-15(2)14-21-17-8-6-16(7-9-17)18(20)10-13-19-11-4-3-5-12-19;/h6-9,15H,3-5,10-14H2,1-2H3;1H. The van der Waals surface area contributed by atoms with E-state index in [1.807, 2.05) is 24.3 Å². The zero-order valence-electron chi connectivity index (χ0n) is 14.7. The molecule has 1 saturated heterocycles. The molecule has 1 aromatic rings. The summed E-state index contributed by atoms with van der Waals surface area (Å²) in [5, 5.41) is 0. The Bertz CT molecular complexity index is 445. The maximum atomic E-state index is 12.2. The van der Waals surface area contributed by atoms with E-state index in [9.17, 15) is 4.79 Å². The Morgan fingerprint density at radius 1 is 1.18 bits per heavy atom. The van der Waals surface area contributed by atoms with Crippen molar-refractivity contribution in [1.82, 2.24) is 4.90 Å². The van der Waals surface area contributed by atoms with Crippen LogP contribution in [-0.2, 0) is 0 Å². The van der Waals surface area contributed by atoms with E-state index in [0.717, 1.165) is 30.9 Å². The molecule has 0 N–H and O–H groups in total. The summed E-state index contributed by atoms with van der Waals surface area (Å²) in [5.41, 5.74) is 0.795. The number of carbonyl (C=O) groups is 1. The third-order valence-corrected chi connectivity index (χ3v) is 3.86. The van der Waals surface area contributed by atoms with E-state index in [0.29, 0.717) is 18.9 Å². The Balaban J connectivity index is 0.00000242. The van der Waals surface area contributed by atoms with E-state index in [1.165, 1.54) is 19.3 Å². The maximum Gasteiger partial charge on any atom is 1.00 e. The van der Waals surface area contributed by atoms with E-state index in [1.54, 1.807) is 0 Å². The maximum absolute atomic E-state index is 12.2. The predicted octanol–water partition coefficient (Wildman–Crippen LogP) is 0.897. The van der Waals surface area contributed by atoms with Crippen LogP contribution in [0.3, 0.4) is 0 Å². The Morgan fingerprint density at radius 2 is 1.82 bits per heavy atom. The topological polar surface area (TPSA) is 29.5 Å². The molecule has 0 atom stereocenters. The van der Waals surface area contributed by atoms with Gasteiger partial charge in [-0.2, -0.15) is 0 Å². The van der Waals surface area contributed by atoms with Crippen LogP contribution in [0.4, 0.5) is 0 Å². The number of Topliss-reactive ketones (excluding diaryl/α,β-unsaturated/α-hetero) is 1. The second-order valence-corrected chi connectivity index (χ2v) is 6.30. The van der Waals surface area contributed by atoms with Crippen LogP contribution in [0.2, 0.25) is 0 Å². The summed E-state index contributed by atoms with van der Waals surface area (Å²) >= 11 is 0. The Morgan fingerprint density at radius 3 is 2.41 bits per heavy atom. The van der Waals surface area contributed by atoms with E-state index >= 15 is 0 Å². The minimum Gasteiger partial charge on any atom is -1.00 e. The highest BCUT2D eigenvalue weighted by Crippen LogP contribution is 2.15. The molecule has 1 heterocycles. The number of hydrogen-bond acceptors (Lipinski definition) is 3. The lowest BCUT2D eigenvalue weighted by molar-refractivity contribution is -0.0000129. The zero-order chi connectivity index (χ0) is 15.1. The number of piperidine rings is 1. The van der Waals surface area contributed by atoms with Crippen LogP contribution < -0.4 is 17.1 Å². The van der Waals surface area contributed by atoms with Crippen LogP contribution >= 0.6 is 0 Å².